The Morgan fingerprint density at radius 2 is 2.07 bits per heavy atom. The Kier molecular flexibility index (Phi) is 2.29. The molecule has 0 unspecified atom stereocenters. The van der Waals surface area contributed by atoms with Crippen LogP contribution in [0.1, 0.15) is 10.6 Å². The summed E-state index contributed by atoms with van der Waals surface area (Å²) < 4.78 is 25.5. The maximum atomic E-state index is 12.9. The Morgan fingerprint density at radius 1 is 1.27 bits per heavy atom. The molecule has 0 aliphatic carbocycles. The highest BCUT2D eigenvalue weighted by Crippen LogP contribution is 2.19. The standard InChI is InChI=1S/C10H6F2N2O/c11-7-2-1-6(3-8(7)12)9-4-13-10(5-15)14-9/h1-5H,(H,13,14). The molecule has 5 heteroatoms. The molecule has 0 aliphatic rings. The van der Waals surface area contributed by atoms with E-state index in [1.165, 1.54) is 12.3 Å². The van der Waals surface area contributed by atoms with Crippen LogP contribution in [-0.2, 0) is 0 Å². The van der Waals surface area contributed by atoms with Gasteiger partial charge in [0.2, 0.25) is 0 Å². The lowest BCUT2D eigenvalue weighted by molar-refractivity contribution is 0.111. The first kappa shape index (κ1) is 9.51. The van der Waals surface area contributed by atoms with Crippen molar-refractivity contribution in [1.29, 1.82) is 0 Å². The molecule has 2 aromatic rings. The molecule has 1 heterocycles. The number of nitrogens with one attached hydrogen (secondary N) is 1. The Hall–Kier alpha value is -2.04. The van der Waals surface area contributed by atoms with Gasteiger partial charge in [-0.2, -0.15) is 0 Å². The van der Waals surface area contributed by atoms with Crippen LogP contribution in [0.25, 0.3) is 11.3 Å². The summed E-state index contributed by atoms with van der Waals surface area (Å²) in [5.41, 5.74) is 0.908. The average Bonchev–Trinajstić information content (AvgIpc) is 2.70. The fraction of sp³-hybridized carbons (Fsp3) is 0. The third-order valence-electron chi connectivity index (χ3n) is 1.94. The molecule has 2 rings (SSSR count). The van der Waals surface area contributed by atoms with Crippen molar-refractivity contribution in [2.45, 2.75) is 0 Å². The van der Waals surface area contributed by atoms with Gasteiger partial charge in [-0.25, -0.2) is 13.8 Å². The van der Waals surface area contributed by atoms with E-state index in [0.29, 0.717) is 17.5 Å². The quantitative estimate of drug-likeness (QED) is 0.768. The maximum Gasteiger partial charge on any atom is 0.185 e. The van der Waals surface area contributed by atoms with Gasteiger partial charge in [0.1, 0.15) is 0 Å². The number of imidazole rings is 1. The van der Waals surface area contributed by atoms with Gasteiger partial charge in [-0.05, 0) is 18.2 Å². The molecule has 0 radical (unpaired) electrons. The number of carbonyl (C=O) groups excluding carboxylic acids is 1. The smallest absolute Gasteiger partial charge is 0.185 e. The summed E-state index contributed by atoms with van der Waals surface area (Å²) in [4.78, 5) is 16.7. The first-order chi connectivity index (χ1) is 7.20. The zero-order chi connectivity index (χ0) is 10.8. The van der Waals surface area contributed by atoms with Gasteiger partial charge < -0.3 is 4.98 Å². The fourth-order valence-electron chi connectivity index (χ4n) is 1.21. The van der Waals surface area contributed by atoms with Crippen LogP contribution in [0, 0.1) is 11.6 Å². The second-order valence-corrected chi connectivity index (χ2v) is 2.93. The van der Waals surface area contributed by atoms with Crippen LogP contribution in [0.2, 0.25) is 0 Å². The monoisotopic (exact) mass is 208 g/mol. The topological polar surface area (TPSA) is 45.8 Å². The number of rotatable bonds is 2. The number of aldehydes is 1. The van der Waals surface area contributed by atoms with E-state index in [1.54, 1.807) is 0 Å². The van der Waals surface area contributed by atoms with E-state index in [1.807, 2.05) is 0 Å². The lowest BCUT2D eigenvalue weighted by Crippen LogP contribution is -1.86. The zero-order valence-corrected chi connectivity index (χ0v) is 7.50. The molecular formula is C10H6F2N2O. The molecule has 0 spiro atoms. The third kappa shape index (κ3) is 1.76. The highest BCUT2D eigenvalue weighted by molar-refractivity contribution is 5.71. The van der Waals surface area contributed by atoms with Gasteiger partial charge in [-0.1, -0.05) is 0 Å². The van der Waals surface area contributed by atoms with Crippen molar-refractivity contribution in [2.75, 3.05) is 0 Å². The minimum Gasteiger partial charge on any atom is -0.336 e. The number of hydrogen-bond donors (Lipinski definition) is 1. The van der Waals surface area contributed by atoms with Gasteiger partial charge in [-0.15, -0.1) is 0 Å². The molecule has 15 heavy (non-hydrogen) atoms. The molecule has 0 saturated heterocycles. The Bertz CT molecular complexity index is 508. The first-order valence-electron chi connectivity index (χ1n) is 4.16. The van der Waals surface area contributed by atoms with Gasteiger partial charge in [0, 0.05) is 5.56 Å². The molecule has 1 aromatic heterocycles. The molecular weight excluding hydrogens is 202 g/mol. The van der Waals surface area contributed by atoms with E-state index >= 15 is 0 Å². The number of hydrogen-bond acceptors (Lipinski definition) is 2. The highest BCUT2D eigenvalue weighted by Gasteiger charge is 2.06. The molecule has 1 N–H and O–H groups in total. The molecule has 0 atom stereocenters. The van der Waals surface area contributed by atoms with Crippen molar-refractivity contribution in [3.05, 3.63) is 41.9 Å². The minimum atomic E-state index is -0.935. The van der Waals surface area contributed by atoms with E-state index < -0.39 is 11.6 Å². The van der Waals surface area contributed by atoms with Crippen LogP contribution in [-0.4, -0.2) is 16.3 Å². The maximum absolute atomic E-state index is 12.9. The normalized spacial score (nSPS) is 10.3. The summed E-state index contributed by atoms with van der Waals surface area (Å²) in [5.74, 6) is -1.70. The predicted molar refractivity (Wildman–Crippen MR) is 49.3 cm³/mol. The lowest BCUT2D eigenvalue weighted by Gasteiger charge is -1.97. The van der Waals surface area contributed by atoms with Gasteiger partial charge in [0.05, 0.1) is 11.9 Å². The third-order valence-corrected chi connectivity index (χ3v) is 1.94. The van der Waals surface area contributed by atoms with Gasteiger partial charge in [0.15, 0.2) is 23.7 Å². The van der Waals surface area contributed by atoms with Crippen LogP contribution in [0.3, 0.4) is 0 Å². The summed E-state index contributed by atoms with van der Waals surface area (Å²) in [6.07, 6.45) is 1.93. The number of carbonyl (C=O) groups is 1. The van der Waals surface area contributed by atoms with E-state index in [2.05, 4.69) is 9.97 Å². The van der Waals surface area contributed by atoms with Crippen LogP contribution >= 0.6 is 0 Å². The SMILES string of the molecule is O=Cc1ncc(-c2ccc(F)c(F)c2)[nH]1. The average molecular weight is 208 g/mol. The van der Waals surface area contributed by atoms with Crippen molar-refractivity contribution < 1.29 is 13.6 Å². The van der Waals surface area contributed by atoms with Crippen LogP contribution in [0.15, 0.2) is 24.4 Å². The molecule has 0 amide bonds. The molecule has 0 fully saturated rings. The predicted octanol–water partition coefficient (Wildman–Crippen LogP) is 2.17. The first-order valence-corrected chi connectivity index (χ1v) is 4.16. The van der Waals surface area contributed by atoms with E-state index in [4.69, 9.17) is 0 Å². The van der Waals surface area contributed by atoms with Crippen molar-refractivity contribution in [2.24, 2.45) is 0 Å². The van der Waals surface area contributed by atoms with Crippen molar-refractivity contribution in [1.82, 2.24) is 9.97 Å². The number of H-pyrrole nitrogens is 1. The van der Waals surface area contributed by atoms with Gasteiger partial charge in [-0.3, -0.25) is 4.79 Å². The summed E-state index contributed by atoms with van der Waals surface area (Å²) in [7, 11) is 0. The molecule has 0 bridgehead atoms. The number of benzene rings is 1. The molecule has 76 valence electrons. The second-order valence-electron chi connectivity index (χ2n) is 2.93. The number of halogens is 2. The van der Waals surface area contributed by atoms with Gasteiger partial charge >= 0.3 is 0 Å². The van der Waals surface area contributed by atoms with Crippen LogP contribution in [0.4, 0.5) is 8.78 Å². The summed E-state index contributed by atoms with van der Waals surface area (Å²) in [6, 6.07) is 3.46. The Balaban J connectivity index is 2.44. The Morgan fingerprint density at radius 3 is 2.67 bits per heavy atom. The lowest BCUT2D eigenvalue weighted by atomic mass is 10.1. The molecule has 1 aromatic carbocycles. The summed E-state index contributed by atoms with van der Waals surface area (Å²) in [6.45, 7) is 0. The minimum absolute atomic E-state index is 0.148. The van der Waals surface area contributed by atoms with Crippen molar-refractivity contribution in [3.8, 4) is 11.3 Å². The number of aromatic amines is 1. The van der Waals surface area contributed by atoms with Crippen molar-refractivity contribution >= 4 is 6.29 Å². The fourth-order valence-corrected chi connectivity index (χ4v) is 1.21. The van der Waals surface area contributed by atoms with Gasteiger partial charge in [0.25, 0.3) is 0 Å². The zero-order valence-electron chi connectivity index (χ0n) is 7.50. The summed E-state index contributed by atoms with van der Waals surface area (Å²) >= 11 is 0. The van der Waals surface area contributed by atoms with Crippen LogP contribution < -0.4 is 0 Å². The van der Waals surface area contributed by atoms with E-state index in [9.17, 15) is 13.6 Å². The molecule has 0 aliphatic heterocycles. The largest absolute Gasteiger partial charge is 0.336 e. The molecule has 0 saturated carbocycles. The van der Waals surface area contributed by atoms with E-state index in [-0.39, 0.29) is 5.82 Å². The van der Waals surface area contributed by atoms with E-state index in [0.717, 1.165) is 12.1 Å². The second kappa shape index (κ2) is 3.61. The molecule has 3 nitrogen and oxygen atoms in total. The van der Waals surface area contributed by atoms with Crippen molar-refractivity contribution in [3.63, 3.8) is 0 Å². The van der Waals surface area contributed by atoms with Crippen LogP contribution in [0.5, 0.6) is 0 Å². The highest BCUT2D eigenvalue weighted by atomic mass is 19.2. The number of nitrogens with zero attached hydrogens (tertiary/aromatic N) is 1. The Labute approximate surface area is 83.8 Å². The summed E-state index contributed by atoms with van der Waals surface area (Å²) in [5, 5.41) is 0. The number of aromatic nitrogens is 2.